The van der Waals surface area contributed by atoms with E-state index in [0.29, 0.717) is 17.4 Å². The van der Waals surface area contributed by atoms with E-state index in [-0.39, 0.29) is 0 Å². The third kappa shape index (κ3) is 3.13. The van der Waals surface area contributed by atoms with Gasteiger partial charge >= 0.3 is 0 Å². The van der Waals surface area contributed by atoms with E-state index < -0.39 is 0 Å². The lowest BCUT2D eigenvalue weighted by Gasteiger charge is -2.46. The number of methoxy groups -OCH3 is 1. The lowest BCUT2D eigenvalue weighted by molar-refractivity contribution is -0.0505. The van der Waals surface area contributed by atoms with E-state index >= 15 is 0 Å². The maximum atomic E-state index is 6.59. The van der Waals surface area contributed by atoms with Gasteiger partial charge in [-0.05, 0) is 85.3 Å². The van der Waals surface area contributed by atoms with Gasteiger partial charge in [-0.1, -0.05) is 48.9 Å². The fraction of sp³-hybridized carbons (Fsp3) is 0.481. The zero-order valence-electron chi connectivity index (χ0n) is 17.7. The van der Waals surface area contributed by atoms with Gasteiger partial charge in [-0.3, -0.25) is 0 Å². The number of hydrogen-bond donors (Lipinski definition) is 0. The molecule has 2 nitrogen and oxygen atoms in total. The Kier molecular flexibility index (Phi) is 4.99. The molecule has 0 radical (unpaired) electrons. The van der Waals surface area contributed by atoms with Gasteiger partial charge in [0.05, 0.1) is 19.8 Å². The summed E-state index contributed by atoms with van der Waals surface area (Å²) in [6, 6.07) is 17.3. The van der Waals surface area contributed by atoms with Gasteiger partial charge in [0.1, 0.15) is 5.75 Å². The molecule has 2 aromatic rings. The summed E-state index contributed by atoms with van der Waals surface area (Å²) in [5, 5.41) is 0. The molecular formula is C27H32O2. The first-order chi connectivity index (χ1) is 14.2. The minimum Gasteiger partial charge on any atom is -0.497 e. The normalized spacial score (nSPS) is 27.9. The van der Waals surface area contributed by atoms with Crippen LogP contribution in [0.25, 0.3) is 5.57 Å². The van der Waals surface area contributed by atoms with E-state index in [1.54, 1.807) is 18.3 Å². The molecule has 0 bridgehead atoms. The van der Waals surface area contributed by atoms with Gasteiger partial charge in [0, 0.05) is 5.41 Å². The molecule has 0 aliphatic heterocycles. The molecule has 0 N–H and O–H groups in total. The van der Waals surface area contributed by atoms with Crippen molar-refractivity contribution in [3.05, 3.63) is 70.8 Å². The Morgan fingerprint density at radius 2 is 1.86 bits per heavy atom. The Balaban J connectivity index is 1.42. The predicted octanol–water partition coefficient (Wildman–Crippen LogP) is 6.58. The smallest absolute Gasteiger partial charge is 0.119 e. The summed E-state index contributed by atoms with van der Waals surface area (Å²) < 4.78 is 12.1. The van der Waals surface area contributed by atoms with Crippen molar-refractivity contribution in [2.24, 2.45) is 11.3 Å². The Hall–Kier alpha value is -2.06. The third-order valence-corrected chi connectivity index (χ3v) is 7.95. The summed E-state index contributed by atoms with van der Waals surface area (Å²) in [6.45, 7) is 3.14. The minimum absolute atomic E-state index is 0.331. The van der Waals surface area contributed by atoms with Crippen molar-refractivity contribution in [2.75, 3.05) is 7.11 Å². The molecule has 2 heteroatoms. The van der Waals surface area contributed by atoms with Crippen molar-refractivity contribution < 1.29 is 9.47 Å². The number of rotatable bonds is 5. The number of allylic oxidation sites excluding steroid dienone is 2. The second-order valence-electron chi connectivity index (χ2n) is 9.03. The van der Waals surface area contributed by atoms with Crippen molar-refractivity contribution in [3.63, 3.8) is 0 Å². The average molecular weight is 389 g/mol. The van der Waals surface area contributed by atoms with Crippen LogP contribution in [0.4, 0.5) is 0 Å². The van der Waals surface area contributed by atoms with Crippen LogP contribution in [0.3, 0.4) is 0 Å². The monoisotopic (exact) mass is 388 g/mol. The van der Waals surface area contributed by atoms with Crippen LogP contribution in [0.2, 0.25) is 0 Å². The first kappa shape index (κ1) is 18.9. The summed E-state index contributed by atoms with van der Waals surface area (Å²) in [7, 11) is 1.76. The fourth-order valence-corrected chi connectivity index (χ4v) is 6.47. The second kappa shape index (κ2) is 7.65. The van der Waals surface area contributed by atoms with Crippen LogP contribution >= 0.6 is 0 Å². The highest BCUT2D eigenvalue weighted by Crippen LogP contribution is 2.60. The van der Waals surface area contributed by atoms with Crippen molar-refractivity contribution in [1.29, 1.82) is 0 Å². The maximum Gasteiger partial charge on any atom is 0.119 e. The molecule has 3 atom stereocenters. The van der Waals surface area contributed by atoms with E-state index in [0.717, 1.165) is 18.8 Å². The Morgan fingerprint density at radius 3 is 2.66 bits per heavy atom. The number of fused-ring (bicyclic) bond motifs is 4. The van der Waals surface area contributed by atoms with E-state index in [1.165, 1.54) is 55.2 Å². The van der Waals surface area contributed by atoms with Crippen molar-refractivity contribution in [1.82, 2.24) is 0 Å². The van der Waals surface area contributed by atoms with Crippen molar-refractivity contribution in [3.8, 4) is 5.75 Å². The quantitative estimate of drug-likeness (QED) is 0.576. The van der Waals surface area contributed by atoms with Gasteiger partial charge in [-0.25, -0.2) is 0 Å². The van der Waals surface area contributed by atoms with Crippen LogP contribution in [0.5, 0.6) is 5.75 Å². The van der Waals surface area contributed by atoms with Gasteiger partial charge in [0.2, 0.25) is 0 Å². The van der Waals surface area contributed by atoms with E-state index in [2.05, 4.69) is 55.5 Å². The van der Waals surface area contributed by atoms with E-state index in [1.807, 2.05) is 0 Å². The molecule has 0 unspecified atom stereocenters. The number of aryl methyl sites for hydroxylation is 1. The second-order valence-corrected chi connectivity index (χ2v) is 9.03. The van der Waals surface area contributed by atoms with Gasteiger partial charge in [0.15, 0.2) is 0 Å². The highest BCUT2D eigenvalue weighted by Gasteiger charge is 2.53. The molecule has 2 aromatic carbocycles. The molecule has 152 valence electrons. The molecule has 3 aliphatic carbocycles. The largest absolute Gasteiger partial charge is 0.497 e. The molecule has 5 rings (SSSR count). The zero-order valence-corrected chi connectivity index (χ0v) is 17.7. The molecular weight excluding hydrogens is 356 g/mol. The SMILES string of the molecule is CC[C@]12CCC3=C(CCc4cc(OC)ccc43)[C@@H]1CC[C@@H]2OCc1ccccc1. The average Bonchev–Trinajstić information content (AvgIpc) is 3.16. The van der Waals surface area contributed by atoms with E-state index in [9.17, 15) is 0 Å². The van der Waals surface area contributed by atoms with Crippen LogP contribution < -0.4 is 4.74 Å². The number of ether oxygens (including phenoxy) is 2. The summed E-state index contributed by atoms with van der Waals surface area (Å²) in [5.74, 6) is 1.69. The van der Waals surface area contributed by atoms with Crippen LogP contribution in [-0.2, 0) is 17.8 Å². The summed E-state index contributed by atoms with van der Waals surface area (Å²) in [6.07, 6.45) is 8.94. The molecule has 0 amide bonds. The van der Waals surface area contributed by atoms with Gasteiger partial charge < -0.3 is 9.47 Å². The third-order valence-electron chi connectivity index (χ3n) is 7.95. The first-order valence-corrected chi connectivity index (χ1v) is 11.3. The molecule has 3 aliphatic rings. The van der Waals surface area contributed by atoms with Crippen molar-refractivity contribution >= 4 is 5.57 Å². The molecule has 0 aromatic heterocycles. The molecule has 1 fully saturated rings. The van der Waals surface area contributed by atoms with Crippen LogP contribution in [0, 0.1) is 11.3 Å². The topological polar surface area (TPSA) is 18.5 Å². The summed E-state index contributed by atoms with van der Waals surface area (Å²) in [4.78, 5) is 0. The first-order valence-electron chi connectivity index (χ1n) is 11.3. The molecule has 0 spiro atoms. The van der Waals surface area contributed by atoms with Crippen LogP contribution in [-0.4, -0.2) is 13.2 Å². The maximum absolute atomic E-state index is 6.59. The molecule has 0 heterocycles. The predicted molar refractivity (Wildman–Crippen MR) is 118 cm³/mol. The Morgan fingerprint density at radius 1 is 1.00 bits per heavy atom. The zero-order chi connectivity index (χ0) is 19.8. The Bertz CT molecular complexity index is 913. The van der Waals surface area contributed by atoms with Gasteiger partial charge in [-0.2, -0.15) is 0 Å². The molecule has 0 saturated heterocycles. The van der Waals surface area contributed by atoms with E-state index in [4.69, 9.17) is 9.47 Å². The molecule has 1 saturated carbocycles. The number of benzene rings is 2. The van der Waals surface area contributed by atoms with Gasteiger partial charge in [-0.15, -0.1) is 0 Å². The highest BCUT2D eigenvalue weighted by atomic mass is 16.5. The summed E-state index contributed by atoms with van der Waals surface area (Å²) in [5.41, 5.74) is 7.98. The lowest BCUT2D eigenvalue weighted by atomic mass is 9.60. The Labute approximate surface area is 174 Å². The standard InChI is InChI=1S/C27H32O2/c1-3-27-16-15-23-22-12-10-21(28-2)17-20(22)9-11-24(23)25(27)13-14-26(27)29-18-19-7-5-4-6-8-19/h4-8,10,12,17,25-26H,3,9,11,13-16,18H2,1-2H3/t25-,26-,27-/m0/s1. The van der Waals surface area contributed by atoms with Crippen molar-refractivity contribution in [2.45, 2.75) is 64.6 Å². The summed E-state index contributed by atoms with van der Waals surface area (Å²) >= 11 is 0. The van der Waals surface area contributed by atoms with Crippen LogP contribution in [0.1, 0.15) is 62.1 Å². The molecule has 29 heavy (non-hydrogen) atoms. The van der Waals surface area contributed by atoms with Crippen LogP contribution in [0.15, 0.2) is 54.1 Å². The highest BCUT2D eigenvalue weighted by molar-refractivity contribution is 5.75. The minimum atomic E-state index is 0.331. The fourth-order valence-electron chi connectivity index (χ4n) is 6.47. The van der Waals surface area contributed by atoms with Gasteiger partial charge in [0.25, 0.3) is 0 Å². The number of hydrogen-bond acceptors (Lipinski definition) is 2. The lowest BCUT2D eigenvalue weighted by Crippen LogP contribution is -2.40.